The quantitative estimate of drug-likeness (QED) is 0.407. The van der Waals surface area contributed by atoms with E-state index in [0.29, 0.717) is 0 Å². The van der Waals surface area contributed by atoms with Crippen molar-refractivity contribution in [3.63, 3.8) is 0 Å². The molecule has 0 radical (unpaired) electrons. The SMILES string of the molecule is [Hg].[Se]=[Te].[Zn]. The molecule has 0 saturated heterocycles. The Bertz CT molecular complexity index is 8.00. The second-order valence-electron chi connectivity index (χ2n) is 0. The zero-order valence-electron chi connectivity index (χ0n) is 2.23. The van der Waals surface area contributed by atoms with E-state index in [2.05, 4.69) is 12.3 Å². The van der Waals surface area contributed by atoms with Gasteiger partial charge in [0.25, 0.3) is 0 Å². The van der Waals surface area contributed by atoms with Crippen LogP contribution in [0.3, 0.4) is 0 Å². The van der Waals surface area contributed by atoms with Crippen LogP contribution in [0.4, 0.5) is 0 Å². The molecule has 0 saturated carbocycles. The minimum Gasteiger partial charge on any atom is 0 e. The first-order valence-electron chi connectivity index (χ1n) is 0.167. The van der Waals surface area contributed by atoms with Gasteiger partial charge in [-0.2, -0.15) is 0 Å². The van der Waals surface area contributed by atoms with E-state index in [9.17, 15) is 0 Å². The van der Waals surface area contributed by atoms with Gasteiger partial charge in [0.1, 0.15) is 0 Å². The molecule has 0 nitrogen and oxygen atoms in total. The molecule has 0 aliphatic rings. The number of hydrogen-bond acceptors (Lipinski definition) is 0. The van der Waals surface area contributed by atoms with Crippen LogP contribution in [0.15, 0.2) is 0 Å². The summed E-state index contributed by atoms with van der Waals surface area (Å²) in [5.74, 6) is 0. The number of rotatable bonds is 0. The third kappa shape index (κ3) is 8.85. The molecule has 4 heteroatoms. The smallest absolute Gasteiger partial charge is 0 e. The predicted octanol–water partition coefficient (Wildman–Crippen LogP) is -0.767. The maximum absolute atomic E-state index is 2.64. The van der Waals surface area contributed by atoms with Crippen molar-refractivity contribution >= 4 is 31.7 Å². The van der Waals surface area contributed by atoms with Crippen LogP contribution in [0.1, 0.15) is 0 Å². The molecule has 0 N–H and O–H groups in total. The zero-order chi connectivity index (χ0) is 2.00. The Kier molecular flexibility index (Phi) is 66.8. The molecule has 0 aromatic heterocycles. The van der Waals surface area contributed by atoms with Gasteiger partial charge >= 0.3 is 31.7 Å². The first-order chi connectivity index (χ1) is 1.00. The summed E-state index contributed by atoms with van der Waals surface area (Å²) in [6.45, 7) is 0. The third-order valence-electron chi connectivity index (χ3n) is 0. The van der Waals surface area contributed by atoms with E-state index in [0.717, 1.165) is 0 Å². The van der Waals surface area contributed by atoms with Gasteiger partial charge in [-0.05, 0) is 0 Å². The maximum Gasteiger partial charge on any atom is 0 e. The summed E-state index contributed by atoms with van der Waals surface area (Å²) in [7, 11) is 0. The molecule has 16 valence electrons. The van der Waals surface area contributed by atoms with Crippen LogP contribution in [0, 0.1) is 0 Å². The third-order valence-corrected chi connectivity index (χ3v) is 0. The van der Waals surface area contributed by atoms with Gasteiger partial charge in [-0.15, -0.1) is 0 Å². The average molecular weight is 473 g/mol. The average Bonchev–Trinajstić information content (AvgIpc) is 1.00. The summed E-state index contributed by atoms with van der Waals surface area (Å²) in [5, 5.41) is 0. The van der Waals surface area contributed by atoms with E-state index in [4.69, 9.17) is 0 Å². The Morgan fingerprint density at radius 2 is 1.25 bits per heavy atom. The summed E-state index contributed by atoms with van der Waals surface area (Å²) < 4.78 is 0. The van der Waals surface area contributed by atoms with Gasteiger partial charge in [-0.25, -0.2) is 0 Å². The summed E-state index contributed by atoms with van der Waals surface area (Å²) >= 11 is 4.46. The van der Waals surface area contributed by atoms with Crippen molar-refractivity contribution in [2.45, 2.75) is 0 Å². The molecule has 0 aliphatic heterocycles. The van der Waals surface area contributed by atoms with E-state index in [1.54, 1.807) is 0 Å². The summed E-state index contributed by atoms with van der Waals surface area (Å²) in [4.78, 5) is 0. The van der Waals surface area contributed by atoms with Crippen LogP contribution in [-0.2, 0) is 47.1 Å². The molecule has 0 fully saturated rings. The Balaban J connectivity index is -0.00000000500. The second kappa shape index (κ2) is 16.9. The molecule has 0 heterocycles. The summed E-state index contributed by atoms with van der Waals surface area (Å²) in [5.41, 5.74) is 0. The standard InChI is InChI=1S/Hg.SeTe.Zn/c;1-2;. The van der Waals surface area contributed by atoms with Gasteiger partial charge in [-0.1, -0.05) is 0 Å². The van der Waals surface area contributed by atoms with Gasteiger partial charge < -0.3 is 0 Å². The summed E-state index contributed by atoms with van der Waals surface area (Å²) in [6.07, 6.45) is 0. The Morgan fingerprint density at radius 1 is 1.25 bits per heavy atom. The molecule has 4 heavy (non-hydrogen) atoms. The van der Waals surface area contributed by atoms with E-state index >= 15 is 0 Å². The van der Waals surface area contributed by atoms with Crippen molar-refractivity contribution in [1.29, 1.82) is 0 Å². The molecule has 0 aromatic rings. The molecular formula is HgSeTeZn. The van der Waals surface area contributed by atoms with Crippen molar-refractivity contribution in [3.8, 4) is 0 Å². The Hall–Kier alpha value is 2.87. The van der Waals surface area contributed by atoms with Gasteiger partial charge in [-0.3, -0.25) is 0 Å². The van der Waals surface area contributed by atoms with Crippen molar-refractivity contribution in [3.05, 3.63) is 0 Å². The minimum absolute atomic E-state index is 0. The molecule has 0 unspecified atom stereocenters. The van der Waals surface area contributed by atoms with Crippen molar-refractivity contribution < 1.29 is 47.1 Å². The minimum atomic E-state index is 0. The van der Waals surface area contributed by atoms with Gasteiger partial charge in [0.2, 0.25) is 0 Å². The fourth-order valence-corrected chi connectivity index (χ4v) is 0. The monoisotopic (exact) mass is 476 g/mol. The van der Waals surface area contributed by atoms with Crippen molar-refractivity contribution in [2.24, 2.45) is 0 Å². The van der Waals surface area contributed by atoms with Crippen LogP contribution in [0.25, 0.3) is 0 Å². The Labute approximate surface area is 77.3 Å². The van der Waals surface area contributed by atoms with Gasteiger partial charge in [0.15, 0.2) is 0 Å². The van der Waals surface area contributed by atoms with Crippen molar-refractivity contribution in [2.75, 3.05) is 0 Å². The van der Waals surface area contributed by atoms with E-state index in [-0.39, 0.29) is 47.1 Å². The van der Waals surface area contributed by atoms with E-state index in [1.165, 1.54) is 0 Å². The molecule has 0 atom stereocenters. The largest absolute Gasteiger partial charge is 0 e. The van der Waals surface area contributed by atoms with Crippen LogP contribution in [0.2, 0.25) is 0 Å². The van der Waals surface area contributed by atoms with E-state index < -0.39 is 0 Å². The van der Waals surface area contributed by atoms with Gasteiger partial charge in [0.05, 0.1) is 0 Å². The van der Waals surface area contributed by atoms with E-state index in [1.807, 2.05) is 19.5 Å². The Morgan fingerprint density at radius 3 is 1.25 bits per heavy atom. The van der Waals surface area contributed by atoms with Crippen molar-refractivity contribution in [1.82, 2.24) is 0 Å². The van der Waals surface area contributed by atoms with Gasteiger partial charge in [0, 0.05) is 47.1 Å². The summed E-state index contributed by atoms with van der Waals surface area (Å²) in [6, 6.07) is 0. The normalized spacial score (nSPS) is 1.00. The molecule has 0 amide bonds. The van der Waals surface area contributed by atoms with Crippen LogP contribution in [0.5, 0.6) is 0 Å². The van der Waals surface area contributed by atoms with Crippen LogP contribution in [-0.4, -0.2) is 31.7 Å². The molecule has 0 aliphatic carbocycles. The fourth-order valence-electron chi connectivity index (χ4n) is 0. The number of hydrogen-bond donors (Lipinski definition) is 0. The first kappa shape index (κ1) is 15.8. The van der Waals surface area contributed by atoms with Crippen LogP contribution < -0.4 is 0 Å². The maximum atomic E-state index is 2.64. The molecule has 0 bridgehead atoms. The zero-order valence-corrected chi connectivity index (χ0v) is 14.7. The van der Waals surface area contributed by atoms with Crippen LogP contribution >= 0.6 is 0 Å². The molecular weight excluding hydrogens is 473 g/mol. The second-order valence-corrected chi connectivity index (χ2v) is 0. The molecule has 0 aromatic carbocycles. The fraction of sp³-hybridized carbons (Fsp3) is 0. The topological polar surface area (TPSA) is 0 Å². The molecule has 0 rings (SSSR count). The first-order valence-corrected chi connectivity index (χ1v) is 5.81. The molecule has 0 spiro atoms. The predicted molar refractivity (Wildman–Crippen MR) is 11.5 cm³/mol.